The maximum Gasteiger partial charge on any atom is 0.334 e. The fraction of sp³-hybridized carbons (Fsp3) is 0.500. The normalized spacial score (nSPS) is 17.2. The van der Waals surface area contributed by atoms with Crippen LogP contribution in [0.5, 0.6) is 0 Å². The Balaban J connectivity index is 2.38. The molecule has 0 amide bonds. The van der Waals surface area contributed by atoms with E-state index in [9.17, 15) is 20.1 Å². The maximum atomic E-state index is 10.5. The highest BCUT2D eigenvalue weighted by atomic mass is 16.4. The van der Waals surface area contributed by atoms with Crippen LogP contribution >= 0.6 is 0 Å². The third-order valence-electron chi connectivity index (χ3n) is 3.06. The lowest BCUT2D eigenvalue weighted by Gasteiger charge is -2.20. The highest BCUT2D eigenvalue weighted by Crippen LogP contribution is 2.11. The van der Waals surface area contributed by atoms with Crippen molar-refractivity contribution in [2.45, 2.75) is 43.6 Å². The Morgan fingerprint density at radius 2 is 1.65 bits per heavy atom. The molecule has 0 radical (unpaired) electrons. The Morgan fingerprint density at radius 1 is 1.05 bits per heavy atom. The summed E-state index contributed by atoms with van der Waals surface area (Å²) >= 11 is 0. The maximum absolute atomic E-state index is 10.5. The van der Waals surface area contributed by atoms with Crippen LogP contribution in [-0.4, -0.2) is 50.7 Å². The Hall–Kier alpha value is -1.47. The Morgan fingerprint density at radius 3 is 2.20 bits per heavy atom. The van der Waals surface area contributed by atoms with Crippen LogP contribution in [0.3, 0.4) is 0 Å². The van der Waals surface area contributed by atoms with Crippen molar-refractivity contribution in [3.63, 3.8) is 0 Å². The van der Waals surface area contributed by atoms with E-state index in [4.69, 9.17) is 10.8 Å². The third kappa shape index (κ3) is 5.66. The fourth-order valence-electron chi connectivity index (χ4n) is 2.01. The van der Waals surface area contributed by atoms with Crippen LogP contribution in [0, 0.1) is 0 Å². The molecule has 20 heavy (non-hydrogen) atoms. The van der Waals surface area contributed by atoms with Gasteiger partial charge in [0.05, 0.1) is 12.2 Å². The SMILES string of the molecule is NC(CC(O)CC(O)Cc1ccccc1)C(O)C(=O)O. The first-order chi connectivity index (χ1) is 9.40. The largest absolute Gasteiger partial charge is 0.479 e. The summed E-state index contributed by atoms with van der Waals surface area (Å²) in [5.41, 5.74) is 6.42. The number of hydrogen-bond acceptors (Lipinski definition) is 5. The first-order valence-corrected chi connectivity index (χ1v) is 6.46. The lowest BCUT2D eigenvalue weighted by atomic mass is 9.97. The zero-order valence-corrected chi connectivity index (χ0v) is 11.1. The number of carbonyl (C=O) groups is 1. The number of carboxylic acid groups (broad SMARTS) is 1. The quantitative estimate of drug-likeness (QED) is 0.438. The summed E-state index contributed by atoms with van der Waals surface area (Å²) in [6, 6.07) is 8.27. The number of nitrogens with two attached hydrogens (primary N) is 1. The van der Waals surface area contributed by atoms with Gasteiger partial charge < -0.3 is 26.2 Å². The molecule has 0 saturated carbocycles. The zero-order chi connectivity index (χ0) is 15.1. The van der Waals surface area contributed by atoms with Crippen LogP contribution in [0.15, 0.2) is 30.3 Å². The molecule has 6 heteroatoms. The minimum Gasteiger partial charge on any atom is -0.479 e. The van der Waals surface area contributed by atoms with E-state index in [0.29, 0.717) is 6.42 Å². The van der Waals surface area contributed by atoms with E-state index in [1.54, 1.807) is 0 Å². The summed E-state index contributed by atoms with van der Waals surface area (Å²) in [6.07, 6.45) is -3.03. The summed E-state index contributed by atoms with van der Waals surface area (Å²) in [5.74, 6) is -1.42. The van der Waals surface area contributed by atoms with E-state index in [-0.39, 0.29) is 12.8 Å². The van der Waals surface area contributed by atoms with Gasteiger partial charge in [-0.3, -0.25) is 0 Å². The van der Waals surface area contributed by atoms with Gasteiger partial charge in [-0.25, -0.2) is 4.79 Å². The molecule has 4 unspecified atom stereocenters. The first kappa shape index (κ1) is 16.6. The van der Waals surface area contributed by atoms with Crippen LogP contribution in [-0.2, 0) is 11.2 Å². The van der Waals surface area contributed by atoms with Gasteiger partial charge in [0.25, 0.3) is 0 Å². The monoisotopic (exact) mass is 283 g/mol. The number of aliphatic carboxylic acids is 1. The lowest BCUT2D eigenvalue weighted by Crippen LogP contribution is -2.43. The minimum atomic E-state index is -1.71. The second kappa shape index (κ2) is 7.96. The summed E-state index contributed by atoms with van der Waals surface area (Å²) in [4.78, 5) is 10.5. The predicted molar refractivity (Wildman–Crippen MR) is 73.0 cm³/mol. The second-order valence-corrected chi connectivity index (χ2v) is 4.92. The predicted octanol–water partition coefficient (Wildman–Crippen LogP) is -0.496. The summed E-state index contributed by atoms with van der Waals surface area (Å²) in [5, 5.41) is 37.4. The van der Waals surface area contributed by atoms with Crippen LogP contribution in [0.4, 0.5) is 0 Å². The van der Waals surface area contributed by atoms with Gasteiger partial charge in [-0.05, 0) is 24.8 Å². The van der Waals surface area contributed by atoms with Crippen LogP contribution in [0.2, 0.25) is 0 Å². The second-order valence-electron chi connectivity index (χ2n) is 4.92. The van der Waals surface area contributed by atoms with Crippen LogP contribution in [0.1, 0.15) is 18.4 Å². The minimum absolute atomic E-state index is 0.0783. The Kier molecular flexibility index (Phi) is 6.60. The highest BCUT2D eigenvalue weighted by molar-refractivity contribution is 5.72. The standard InChI is InChI=1S/C14H21NO5/c15-12(13(18)14(19)20)8-11(17)7-10(16)6-9-4-2-1-3-5-9/h1-5,10-13,16-18H,6-8,15H2,(H,19,20). The molecule has 0 saturated heterocycles. The van der Waals surface area contributed by atoms with Crippen molar-refractivity contribution in [1.82, 2.24) is 0 Å². The van der Waals surface area contributed by atoms with Gasteiger partial charge in [-0.15, -0.1) is 0 Å². The number of aliphatic hydroxyl groups is 3. The number of rotatable bonds is 8. The molecule has 0 fully saturated rings. The molecule has 0 aliphatic carbocycles. The molecule has 4 atom stereocenters. The van der Waals surface area contributed by atoms with Crippen molar-refractivity contribution >= 4 is 5.97 Å². The highest BCUT2D eigenvalue weighted by Gasteiger charge is 2.25. The molecule has 112 valence electrons. The van der Waals surface area contributed by atoms with E-state index in [1.807, 2.05) is 30.3 Å². The number of carboxylic acids is 1. The summed E-state index contributed by atoms with van der Waals surface area (Å²) in [7, 11) is 0. The fourth-order valence-corrected chi connectivity index (χ4v) is 2.01. The van der Waals surface area contributed by atoms with Gasteiger partial charge in [0, 0.05) is 6.04 Å². The number of aliphatic hydroxyl groups excluding tert-OH is 3. The van der Waals surface area contributed by atoms with E-state index >= 15 is 0 Å². The number of hydrogen-bond donors (Lipinski definition) is 5. The average Bonchev–Trinajstić information content (AvgIpc) is 2.38. The van der Waals surface area contributed by atoms with E-state index in [2.05, 4.69) is 0 Å². The third-order valence-corrected chi connectivity index (χ3v) is 3.06. The average molecular weight is 283 g/mol. The van der Waals surface area contributed by atoms with Crippen LogP contribution in [0.25, 0.3) is 0 Å². The van der Waals surface area contributed by atoms with Gasteiger partial charge in [0.1, 0.15) is 0 Å². The van der Waals surface area contributed by atoms with Gasteiger partial charge >= 0.3 is 5.97 Å². The van der Waals surface area contributed by atoms with E-state index < -0.39 is 30.3 Å². The summed E-state index contributed by atoms with van der Waals surface area (Å²) in [6.45, 7) is 0. The van der Waals surface area contributed by atoms with Gasteiger partial charge in [-0.2, -0.15) is 0 Å². The van der Waals surface area contributed by atoms with Crippen molar-refractivity contribution in [3.8, 4) is 0 Å². The number of benzene rings is 1. The topological polar surface area (TPSA) is 124 Å². The van der Waals surface area contributed by atoms with Gasteiger partial charge in [0.2, 0.25) is 0 Å². The van der Waals surface area contributed by atoms with Crippen molar-refractivity contribution in [1.29, 1.82) is 0 Å². The van der Waals surface area contributed by atoms with Crippen LogP contribution < -0.4 is 5.73 Å². The van der Waals surface area contributed by atoms with E-state index in [0.717, 1.165) is 5.56 Å². The smallest absolute Gasteiger partial charge is 0.334 e. The molecule has 0 heterocycles. The molecule has 1 aromatic rings. The molecule has 6 nitrogen and oxygen atoms in total. The van der Waals surface area contributed by atoms with Crippen molar-refractivity contribution in [2.75, 3.05) is 0 Å². The molecule has 0 bridgehead atoms. The zero-order valence-electron chi connectivity index (χ0n) is 11.1. The molecule has 0 aliphatic rings. The van der Waals surface area contributed by atoms with Crippen molar-refractivity contribution in [2.24, 2.45) is 5.73 Å². The van der Waals surface area contributed by atoms with Gasteiger partial charge in [-0.1, -0.05) is 30.3 Å². The summed E-state index contributed by atoms with van der Waals surface area (Å²) < 4.78 is 0. The molecule has 6 N–H and O–H groups in total. The molecular formula is C14H21NO5. The first-order valence-electron chi connectivity index (χ1n) is 6.46. The molecule has 0 aromatic heterocycles. The molecule has 1 aromatic carbocycles. The van der Waals surface area contributed by atoms with Crippen molar-refractivity contribution < 1.29 is 25.2 Å². The van der Waals surface area contributed by atoms with E-state index in [1.165, 1.54) is 0 Å². The lowest BCUT2D eigenvalue weighted by molar-refractivity contribution is -0.148. The molecule has 0 spiro atoms. The molecule has 0 aliphatic heterocycles. The molecular weight excluding hydrogens is 262 g/mol. The van der Waals surface area contributed by atoms with Crippen molar-refractivity contribution in [3.05, 3.63) is 35.9 Å². The Labute approximate surface area is 117 Å². The molecule has 1 rings (SSSR count). The van der Waals surface area contributed by atoms with Gasteiger partial charge in [0.15, 0.2) is 6.10 Å². The Bertz CT molecular complexity index is 411.